The zero-order chi connectivity index (χ0) is 29.0. The molecule has 0 spiro atoms. The molecule has 0 radical (unpaired) electrons. The van der Waals surface area contributed by atoms with Gasteiger partial charge in [0, 0.05) is 12.8 Å². The van der Waals surface area contributed by atoms with Gasteiger partial charge in [-0.15, -0.1) is 0 Å². The number of rotatable bonds is 16. The normalized spacial score (nSPS) is 14.3. The summed E-state index contributed by atoms with van der Waals surface area (Å²) in [5.41, 5.74) is 11.7. The molecule has 1 rings (SSSR count). The number of phenols is 1. The molecule has 0 aromatic heterocycles. The Morgan fingerprint density at radius 2 is 1.29 bits per heavy atom. The molecule has 0 bridgehead atoms. The number of amides is 4. The summed E-state index contributed by atoms with van der Waals surface area (Å²) in [6, 6.07) is 1.45. The molecule has 0 saturated heterocycles. The molecule has 0 aliphatic heterocycles. The lowest BCUT2D eigenvalue weighted by molar-refractivity contribution is -0.142. The minimum absolute atomic E-state index is 0.0208. The fourth-order valence-electron chi connectivity index (χ4n) is 3.76. The van der Waals surface area contributed by atoms with Gasteiger partial charge in [0.25, 0.3) is 0 Å². The summed E-state index contributed by atoms with van der Waals surface area (Å²) < 4.78 is 0. The van der Waals surface area contributed by atoms with E-state index in [1.165, 1.54) is 12.1 Å². The van der Waals surface area contributed by atoms with Crippen molar-refractivity contribution in [1.82, 2.24) is 16.0 Å². The number of aromatic hydroxyl groups is 1. The number of carboxylic acid groups (broad SMARTS) is 1. The highest BCUT2D eigenvalue weighted by Gasteiger charge is 2.31. The average Bonchev–Trinajstić information content (AvgIpc) is 2.80. The summed E-state index contributed by atoms with van der Waals surface area (Å²) in [7, 11) is 0. The van der Waals surface area contributed by atoms with Crippen molar-refractivity contribution in [2.75, 3.05) is 0 Å². The van der Waals surface area contributed by atoms with Crippen LogP contribution in [0.1, 0.15) is 58.9 Å². The molecule has 4 atom stereocenters. The molecular formula is C26H41N5O7. The lowest BCUT2D eigenvalue weighted by atomic mass is 10.00. The number of nitrogens with two attached hydrogens (primary N) is 2. The van der Waals surface area contributed by atoms with Crippen molar-refractivity contribution in [3.05, 3.63) is 29.8 Å². The number of carbonyl (C=O) groups is 5. The molecule has 0 heterocycles. The third kappa shape index (κ3) is 12.0. The van der Waals surface area contributed by atoms with Crippen LogP contribution in [0.2, 0.25) is 0 Å². The van der Waals surface area contributed by atoms with Gasteiger partial charge < -0.3 is 37.6 Å². The standard InChI is InChI=1S/C26H41N5O7/c1-14(2)11-18(27)23(34)29-19(9-10-22(28)33)24(35)30-20(12-15(3)4)25(36)31-21(26(37)38)13-16-5-7-17(32)8-6-16/h5-8,14-15,18-21,32H,9-13,27H2,1-4H3,(H2,28,33)(H,29,34)(H,30,35)(H,31,36)(H,37,38). The highest BCUT2D eigenvalue weighted by molar-refractivity contribution is 5.94. The molecule has 4 unspecified atom stereocenters. The number of nitrogens with one attached hydrogen (secondary N) is 3. The third-order valence-electron chi connectivity index (χ3n) is 5.71. The van der Waals surface area contributed by atoms with Crippen molar-refractivity contribution in [2.24, 2.45) is 23.3 Å². The highest BCUT2D eigenvalue weighted by Crippen LogP contribution is 2.13. The highest BCUT2D eigenvalue weighted by atomic mass is 16.4. The second-order valence-electron chi connectivity index (χ2n) is 10.3. The summed E-state index contributed by atoms with van der Waals surface area (Å²) in [6.07, 6.45) is 0.232. The summed E-state index contributed by atoms with van der Waals surface area (Å²) in [5.74, 6) is -3.84. The van der Waals surface area contributed by atoms with Crippen LogP contribution in [-0.4, -0.2) is 64.0 Å². The van der Waals surface area contributed by atoms with Crippen molar-refractivity contribution < 1.29 is 34.2 Å². The zero-order valence-corrected chi connectivity index (χ0v) is 22.4. The maximum Gasteiger partial charge on any atom is 0.326 e. The van der Waals surface area contributed by atoms with Crippen molar-refractivity contribution in [2.45, 2.75) is 84.0 Å². The average molecular weight is 536 g/mol. The van der Waals surface area contributed by atoms with Crippen LogP contribution in [0, 0.1) is 11.8 Å². The van der Waals surface area contributed by atoms with Crippen LogP contribution in [0.4, 0.5) is 0 Å². The Balaban J connectivity index is 3.04. The molecule has 12 heteroatoms. The molecule has 1 aromatic rings. The lowest BCUT2D eigenvalue weighted by Crippen LogP contribution is -2.57. The van der Waals surface area contributed by atoms with Gasteiger partial charge in [-0.25, -0.2) is 4.79 Å². The number of primary amides is 1. The smallest absolute Gasteiger partial charge is 0.326 e. The molecule has 0 saturated carbocycles. The van der Waals surface area contributed by atoms with E-state index in [0.717, 1.165) is 0 Å². The van der Waals surface area contributed by atoms with E-state index >= 15 is 0 Å². The predicted molar refractivity (Wildman–Crippen MR) is 141 cm³/mol. The van der Waals surface area contributed by atoms with Crippen LogP contribution in [0.25, 0.3) is 0 Å². The van der Waals surface area contributed by atoms with Gasteiger partial charge in [-0.2, -0.15) is 0 Å². The Morgan fingerprint density at radius 1 is 0.789 bits per heavy atom. The van der Waals surface area contributed by atoms with E-state index in [-0.39, 0.29) is 43.3 Å². The number of phenolic OH excluding ortho intramolecular Hbond substituents is 1. The van der Waals surface area contributed by atoms with Gasteiger partial charge in [0.15, 0.2) is 0 Å². The second-order valence-corrected chi connectivity index (χ2v) is 10.3. The first-order chi connectivity index (χ1) is 17.7. The second kappa shape index (κ2) is 15.6. The van der Waals surface area contributed by atoms with Crippen LogP contribution < -0.4 is 27.4 Å². The first-order valence-corrected chi connectivity index (χ1v) is 12.6. The zero-order valence-electron chi connectivity index (χ0n) is 22.4. The molecule has 12 nitrogen and oxygen atoms in total. The van der Waals surface area contributed by atoms with Gasteiger partial charge >= 0.3 is 5.97 Å². The monoisotopic (exact) mass is 535 g/mol. The predicted octanol–water partition coefficient (Wildman–Crippen LogP) is 0.159. The maximum absolute atomic E-state index is 13.1. The first kappa shape index (κ1) is 32.4. The minimum atomic E-state index is -1.29. The fraction of sp³-hybridized carbons (Fsp3) is 0.577. The summed E-state index contributed by atoms with van der Waals surface area (Å²) in [6.45, 7) is 7.45. The van der Waals surface area contributed by atoms with Crippen LogP contribution in [0.5, 0.6) is 5.75 Å². The van der Waals surface area contributed by atoms with E-state index in [4.69, 9.17) is 11.5 Å². The maximum atomic E-state index is 13.1. The molecule has 0 aliphatic rings. The van der Waals surface area contributed by atoms with Crippen molar-refractivity contribution in [1.29, 1.82) is 0 Å². The number of aliphatic carboxylic acids is 1. The van der Waals surface area contributed by atoms with Crippen LogP contribution in [0.3, 0.4) is 0 Å². The van der Waals surface area contributed by atoms with Gasteiger partial charge in [0.1, 0.15) is 23.9 Å². The SMILES string of the molecule is CC(C)CC(N)C(=O)NC(CCC(N)=O)C(=O)NC(CC(C)C)C(=O)NC(Cc1ccc(O)cc1)C(=O)O. The topological polar surface area (TPSA) is 214 Å². The number of hydrogen-bond acceptors (Lipinski definition) is 7. The third-order valence-corrected chi connectivity index (χ3v) is 5.71. The number of benzene rings is 1. The molecule has 38 heavy (non-hydrogen) atoms. The molecule has 0 aliphatic carbocycles. The molecular weight excluding hydrogens is 494 g/mol. The summed E-state index contributed by atoms with van der Waals surface area (Å²) in [5, 5.41) is 26.7. The Bertz CT molecular complexity index is 965. The Kier molecular flexibility index (Phi) is 13.2. The Morgan fingerprint density at radius 3 is 1.79 bits per heavy atom. The van der Waals surface area contributed by atoms with E-state index in [9.17, 15) is 34.2 Å². The molecule has 9 N–H and O–H groups in total. The minimum Gasteiger partial charge on any atom is -0.508 e. The first-order valence-electron chi connectivity index (χ1n) is 12.6. The lowest BCUT2D eigenvalue weighted by Gasteiger charge is -2.26. The van der Waals surface area contributed by atoms with Crippen molar-refractivity contribution >= 4 is 29.6 Å². The Hall–Kier alpha value is -3.67. The number of hydrogen-bond donors (Lipinski definition) is 7. The van der Waals surface area contributed by atoms with Gasteiger partial charge in [-0.3, -0.25) is 19.2 Å². The molecule has 4 amide bonds. The van der Waals surface area contributed by atoms with Crippen LogP contribution in [-0.2, 0) is 30.4 Å². The quantitative estimate of drug-likeness (QED) is 0.154. The summed E-state index contributed by atoms with van der Waals surface area (Å²) in [4.78, 5) is 62.0. The Labute approximate surface area is 222 Å². The van der Waals surface area contributed by atoms with Crippen LogP contribution >= 0.6 is 0 Å². The van der Waals surface area contributed by atoms with Gasteiger partial charge in [-0.1, -0.05) is 39.8 Å². The molecule has 212 valence electrons. The number of carboxylic acids is 1. The van der Waals surface area contributed by atoms with E-state index < -0.39 is 53.8 Å². The number of carbonyl (C=O) groups excluding carboxylic acids is 4. The van der Waals surface area contributed by atoms with Gasteiger partial charge in [0.05, 0.1) is 6.04 Å². The van der Waals surface area contributed by atoms with E-state index in [1.807, 2.05) is 27.7 Å². The van der Waals surface area contributed by atoms with Gasteiger partial charge in [0.2, 0.25) is 23.6 Å². The summed E-state index contributed by atoms with van der Waals surface area (Å²) >= 11 is 0. The van der Waals surface area contributed by atoms with E-state index in [2.05, 4.69) is 16.0 Å². The van der Waals surface area contributed by atoms with Crippen LogP contribution in [0.15, 0.2) is 24.3 Å². The fourth-order valence-corrected chi connectivity index (χ4v) is 3.76. The van der Waals surface area contributed by atoms with Gasteiger partial charge in [-0.05, 0) is 48.8 Å². The van der Waals surface area contributed by atoms with E-state index in [1.54, 1.807) is 12.1 Å². The van der Waals surface area contributed by atoms with Crippen molar-refractivity contribution in [3.8, 4) is 5.75 Å². The van der Waals surface area contributed by atoms with E-state index in [0.29, 0.717) is 12.0 Å². The van der Waals surface area contributed by atoms with Crippen molar-refractivity contribution in [3.63, 3.8) is 0 Å². The largest absolute Gasteiger partial charge is 0.508 e. The molecule has 1 aromatic carbocycles. The molecule has 0 fully saturated rings.